The number of nitrogens with zero attached hydrogens (tertiary/aromatic N) is 2. The first kappa shape index (κ1) is 14.4. The molecule has 1 N–H and O–H groups in total. The highest BCUT2D eigenvalue weighted by Gasteiger charge is 2.08. The van der Waals surface area contributed by atoms with E-state index in [1.165, 1.54) is 0 Å². The monoisotopic (exact) mass is 245 g/mol. The van der Waals surface area contributed by atoms with Gasteiger partial charge in [-0.25, -0.2) is 5.43 Å². The van der Waals surface area contributed by atoms with E-state index in [1.807, 2.05) is 0 Å². The van der Waals surface area contributed by atoms with Crippen LogP contribution in [-0.2, 0) is 14.3 Å². The summed E-state index contributed by atoms with van der Waals surface area (Å²) < 4.78 is 4.69. The topological polar surface area (TPSA) is 91.5 Å². The van der Waals surface area contributed by atoms with E-state index in [9.17, 15) is 9.59 Å². The van der Waals surface area contributed by atoms with E-state index in [2.05, 4.69) is 15.3 Å². The summed E-state index contributed by atoms with van der Waals surface area (Å²) >= 11 is 5.52. The van der Waals surface area contributed by atoms with Crippen LogP contribution in [0.1, 0.15) is 19.8 Å². The summed E-state index contributed by atoms with van der Waals surface area (Å²) in [5.74, 6) is -1.00. The van der Waals surface area contributed by atoms with Gasteiger partial charge in [0, 0.05) is 0 Å². The van der Waals surface area contributed by atoms with Gasteiger partial charge in [-0.2, -0.15) is 10.4 Å². The van der Waals surface area contributed by atoms with Gasteiger partial charge in [0.15, 0.2) is 0 Å². The molecule has 0 aromatic carbocycles. The van der Waals surface area contributed by atoms with Crippen molar-refractivity contribution in [3.05, 3.63) is 0 Å². The average molecular weight is 246 g/mol. The number of nitriles is 1. The molecule has 1 amide bonds. The van der Waals surface area contributed by atoms with E-state index in [0.29, 0.717) is 0 Å². The maximum absolute atomic E-state index is 11.1. The number of carbonyl (C=O) groups excluding carboxylic acids is 2. The number of esters is 1. The molecule has 6 nitrogen and oxygen atoms in total. The van der Waals surface area contributed by atoms with E-state index in [-0.39, 0.29) is 31.0 Å². The molecule has 0 aromatic rings. The lowest BCUT2D eigenvalue weighted by Gasteiger charge is -2.03. The molecule has 16 heavy (non-hydrogen) atoms. The van der Waals surface area contributed by atoms with Gasteiger partial charge in [-0.1, -0.05) is 0 Å². The fourth-order valence-electron chi connectivity index (χ4n) is 0.748. The zero-order valence-electron chi connectivity index (χ0n) is 8.83. The molecular weight excluding hydrogens is 234 g/mol. The van der Waals surface area contributed by atoms with Crippen LogP contribution in [-0.4, -0.2) is 30.1 Å². The van der Waals surface area contributed by atoms with Crippen molar-refractivity contribution in [1.82, 2.24) is 5.43 Å². The van der Waals surface area contributed by atoms with Crippen molar-refractivity contribution in [3.8, 4) is 6.07 Å². The summed E-state index contributed by atoms with van der Waals surface area (Å²) in [6.07, 6.45) is -0.372. The number of halogens is 1. The number of hydrogen-bond donors (Lipinski definition) is 1. The third-order valence-electron chi connectivity index (χ3n) is 1.39. The van der Waals surface area contributed by atoms with Gasteiger partial charge in [0.05, 0.1) is 30.7 Å². The van der Waals surface area contributed by atoms with Crippen molar-refractivity contribution in [2.24, 2.45) is 5.10 Å². The Morgan fingerprint density at radius 2 is 2.25 bits per heavy atom. The third-order valence-corrected chi connectivity index (χ3v) is 1.69. The molecule has 0 atom stereocenters. The molecule has 0 heterocycles. The highest BCUT2D eigenvalue weighted by molar-refractivity contribution is 6.30. The highest BCUT2D eigenvalue weighted by atomic mass is 35.5. The molecule has 0 spiro atoms. The Balaban J connectivity index is 4.17. The van der Waals surface area contributed by atoms with Gasteiger partial charge in [-0.15, -0.1) is 11.6 Å². The molecule has 0 aromatic heterocycles. The molecule has 88 valence electrons. The van der Waals surface area contributed by atoms with E-state index in [1.54, 1.807) is 13.0 Å². The van der Waals surface area contributed by atoms with E-state index in [4.69, 9.17) is 16.9 Å². The summed E-state index contributed by atoms with van der Waals surface area (Å²) in [5.41, 5.74) is 2.40. The molecule has 0 unspecified atom stereocenters. The molecular formula is C9H12ClN3O3. The molecule has 0 bridgehead atoms. The number of hydrazone groups is 1. The van der Waals surface area contributed by atoms with Gasteiger partial charge < -0.3 is 4.74 Å². The summed E-state index contributed by atoms with van der Waals surface area (Å²) in [5, 5.41) is 11.8. The van der Waals surface area contributed by atoms with Gasteiger partial charge in [0.25, 0.3) is 5.91 Å². The number of ether oxygens (including phenoxy) is 1. The van der Waals surface area contributed by atoms with Crippen LogP contribution < -0.4 is 5.43 Å². The van der Waals surface area contributed by atoms with Crippen LogP contribution in [0.4, 0.5) is 0 Å². The van der Waals surface area contributed by atoms with Crippen molar-refractivity contribution in [1.29, 1.82) is 5.26 Å². The van der Waals surface area contributed by atoms with Gasteiger partial charge >= 0.3 is 5.97 Å². The maximum atomic E-state index is 11.1. The number of nitrogens with one attached hydrogen (secondary N) is 1. The van der Waals surface area contributed by atoms with Crippen LogP contribution >= 0.6 is 11.6 Å². The average Bonchev–Trinajstić information content (AvgIpc) is 2.25. The molecule has 0 saturated carbocycles. The Bertz CT molecular complexity index is 322. The second kappa shape index (κ2) is 8.68. The molecule has 7 heteroatoms. The number of alkyl halides is 1. The minimum absolute atomic E-state index is 0.00560. The summed E-state index contributed by atoms with van der Waals surface area (Å²) in [6, 6.07) is 1.66. The fraction of sp³-hybridized carbons (Fsp3) is 0.556. The molecule has 0 aliphatic rings. The quantitative estimate of drug-likeness (QED) is 0.320. The molecule has 0 aliphatic heterocycles. The van der Waals surface area contributed by atoms with Gasteiger partial charge in [-0.3, -0.25) is 9.59 Å². The Kier molecular flexibility index (Phi) is 7.81. The Morgan fingerprint density at radius 3 is 2.75 bits per heavy atom. The van der Waals surface area contributed by atoms with Crippen molar-refractivity contribution in [3.63, 3.8) is 0 Å². The molecule has 0 rings (SSSR count). The summed E-state index contributed by atoms with van der Waals surface area (Å²) in [4.78, 5) is 21.9. The molecule has 0 radical (unpaired) electrons. The fourth-order valence-corrected chi connectivity index (χ4v) is 0.902. The molecule has 0 aliphatic carbocycles. The van der Waals surface area contributed by atoms with Crippen molar-refractivity contribution in [2.75, 3.05) is 12.5 Å². The minimum atomic E-state index is -0.547. The number of carbonyl (C=O) groups is 2. The van der Waals surface area contributed by atoms with Crippen molar-refractivity contribution < 1.29 is 14.3 Å². The Hall–Kier alpha value is -1.61. The lowest BCUT2D eigenvalue weighted by atomic mass is 10.3. The normalized spacial score (nSPS) is 10.4. The molecule has 0 saturated heterocycles. The van der Waals surface area contributed by atoms with E-state index >= 15 is 0 Å². The summed E-state index contributed by atoms with van der Waals surface area (Å²) in [7, 11) is 0. The second-order valence-electron chi connectivity index (χ2n) is 2.66. The minimum Gasteiger partial charge on any atom is -0.466 e. The van der Waals surface area contributed by atoms with Crippen LogP contribution in [0.2, 0.25) is 0 Å². The predicted molar refractivity (Wildman–Crippen MR) is 57.8 cm³/mol. The van der Waals surface area contributed by atoms with Crippen LogP contribution in [0, 0.1) is 11.3 Å². The standard InChI is InChI=1S/C9H12ClN3O3/c1-2-16-9(15)5-7(6-10)12-13-8(14)3-4-11/h2-3,5-6H2,1H3,(H,13,14)/b12-7+. The van der Waals surface area contributed by atoms with Crippen molar-refractivity contribution >= 4 is 29.2 Å². The first-order chi connectivity index (χ1) is 7.63. The second-order valence-corrected chi connectivity index (χ2v) is 2.93. The lowest BCUT2D eigenvalue weighted by molar-refractivity contribution is -0.141. The lowest BCUT2D eigenvalue weighted by Crippen LogP contribution is -2.21. The van der Waals surface area contributed by atoms with E-state index in [0.717, 1.165) is 0 Å². The Labute approximate surface area is 98.2 Å². The zero-order valence-corrected chi connectivity index (χ0v) is 9.58. The van der Waals surface area contributed by atoms with Gasteiger partial charge in [-0.05, 0) is 6.92 Å². The SMILES string of the molecule is CCOC(=O)C/C(CCl)=N\NC(=O)CC#N. The zero-order chi connectivity index (χ0) is 12.4. The van der Waals surface area contributed by atoms with Crippen LogP contribution in [0.15, 0.2) is 5.10 Å². The van der Waals surface area contributed by atoms with Crippen LogP contribution in [0.3, 0.4) is 0 Å². The predicted octanol–water partition coefficient (Wildman–Crippen LogP) is 0.564. The third kappa shape index (κ3) is 6.79. The largest absolute Gasteiger partial charge is 0.466 e. The van der Waals surface area contributed by atoms with Gasteiger partial charge in [0.1, 0.15) is 6.42 Å². The number of amides is 1. The van der Waals surface area contributed by atoms with Crippen LogP contribution in [0.5, 0.6) is 0 Å². The smallest absolute Gasteiger partial charge is 0.311 e. The Morgan fingerprint density at radius 1 is 1.56 bits per heavy atom. The number of rotatable bonds is 6. The van der Waals surface area contributed by atoms with Gasteiger partial charge in [0.2, 0.25) is 0 Å². The maximum Gasteiger partial charge on any atom is 0.311 e. The van der Waals surface area contributed by atoms with E-state index < -0.39 is 11.9 Å². The first-order valence-corrected chi connectivity index (χ1v) is 5.10. The summed E-state index contributed by atoms with van der Waals surface area (Å²) in [6.45, 7) is 1.96. The molecule has 0 fully saturated rings. The number of hydrogen-bond acceptors (Lipinski definition) is 5. The highest BCUT2D eigenvalue weighted by Crippen LogP contribution is 1.94. The van der Waals surface area contributed by atoms with Crippen molar-refractivity contribution in [2.45, 2.75) is 19.8 Å². The first-order valence-electron chi connectivity index (χ1n) is 4.56. The van der Waals surface area contributed by atoms with Crippen LogP contribution in [0.25, 0.3) is 0 Å².